The summed E-state index contributed by atoms with van der Waals surface area (Å²) < 4.78 is 24.6. The third kappa shape index (κ3) is 6.84. The largest absolute Gasteiger partial charge is 0.490 e. The summed E-state index contributed by atoms with van der Waals surface area (Å²) >= 11 is 5.76. The van der Waals surface area contributed by atoms with E-state index >= 15 is 0 Å². The maximum Gasteiger partial charge on any atom is 0.255 e. The van der Waals surface area contributed by atoms with E-state index in [1.165, 1.54) is 18.2 Å². The summed E-state index contributed by atoms with van der Waals surface area (Å²) in [6.45, 7) is 0.754. The van der Waals surface area contributed by atoms with Crippen molar-refractivity contribution in [3.05, 3.63) is 119 Å². The summed E-state index contributed by atoms with van der Waals surface area (Å²) in [6.07, 6.45) is 0. The molecule has 2 amide bonds. The lowest BCUT2D eigenvalue weighted by Gasteiger charge is -2.10. The molecule has 36 heavy (non-hydrogen) atoms. The van der Waals surface area contributed by atoms with Crippen molar-refractivity contribution in [1.29, 1.82) is 0 Å². The average molecular weight is 505 g/mol. The lowest BCUT2D eigenvalue weighted by molar-refractivity contribution is 0.101. The summed E-state index contributed by atoms with van der Waals surface area (Å²) in [4.78, 5) is 25.2. The van der Waals surface area contributed by atoms with Gasteiger partial charge in [-0.05, 0) is 72.8 Å². The molecule has 0 radical (unpaired) electrons. The van der Waals surface area contributed by atoms with Crippen LogP contribution in [-0.4, -0.2) is 25.0 Å². The number of nitrogens with one attached hydrogen (secondary N) is 2. The smallest absolute Gasteiger partial charge is 0.255 e. The van der Waals surface area contributed by atoms with Gasteiger partial charge in [0.1, 0.15) is 30.5 Å². The Bertz CT molecular complexity index is 1350. The Balaban J connectivity index is 1.29. The Morgan fingerprint density at radius 3 is 1.94 bits per heavy atom. The van der Waals surface area contributed by atoms with Crippen molar-refractivity contribution < 1.29 is 23.5 Å². The van der Waals surface area contributed by atoms with E-state index in [1.54, 1.807) is 48.5 Å². The van der Waals surface area contributed by atoms with Gasteiger partial charge in [0.2, 0.25) is 0 Å². The van der Waals surface area contributed by atoms with Crippen LogP contribution in [0.2, 0.25) is 5.02 Å². The summed E-state index contributed by atoms with van der Waals surface area (Å²) in [7, 11) is 0. The highest BCUT2D eigenvalue weighted by Crippen LogP contribution is 2.21. The van der Waals surface area contributed by atoms with E-state index in [4.69, 9.17) is 21.1 Å². The van der Waals surface area contributed by atoms with Gasteiger partial charge in [-0.2, -0.15) is 0 Å². The van der Waals surface area contributed by atoms with E-state index in [2.05, 4.69) is 10.6 Å². The molecule has 0 saturated heterocycles. The highest BCUT2D eigenvalue weighted by atomic mass is 35.5. The summed E-state index contributed by atoms with van der Waals surface area (Å²) in [5.74, 6) is 0.0525. The Morgan fingerprint density at radius 2 is 1.28 bits per heavy atom. The zero-order valence-electron chi connectivity index (χ0n) is 19.0. The second-order valence-corrected chi connectivity index (χ2v) is 8.06. The number of ether oxygens (including phenoxy) is 2. The van der Waals surface area contributed by atoms with Crippen LogP contribution in [0, 0.1) is 5.82 Å². The molecule has 0 unspecified atom stereocenters. The monoisotopic (exact) mass is 504 g/mol. The van der Waals surface area contributed by atoms with Gasteiger partial charge in [0.05, 0.1) is 5.02 Å². The Kier molecular flexibility index (Phi) is 8.16. The molecule has 0 spiro atoms. The number of hydrogen-bond acceptors (Lipinski definition) is 4. The van der Waals surface area contributed by atoms with E-state index in [0.29, 0.717) is 41.5 Å². The fourth-order valence-electron chi connectivity index (χ4n) is 3.26. The fraction of sp³-hybridized carbons (Fsp3) is 0.0714. The molecule has 0 bridgehead atoms. The van der Waals surface area contributed by atoms with E-state index in [0.717, 1.165) is 5.75 Å². The van der Waals surface area contributed by atoms with Gasteiger partial charge in [-0.25, -0.2) is 4.39 Å². The maximum atomic E-state index is 13.3. The van der Waals surface area contributed by atoms with E-state index < -0.39 is 11.7 Å². The third-order valence-corrected chi connectivity index (χ3v) is 5.33. The molecule has 182 valence electrons. The molecule has 0 fully saturated rings. The SMILES string of the molecule is O=C(Nc1cccc(C(=O)Nc2ccc(F)c(Cl)c2)c1)c1ccc(OCCOc2ccccc2)cc1. The first-order chi connectivity index (χ1) is 17.5. The number of amides is 2. The second kappa shape index (κ2) is 11.9. The number of halogens is 2. The molecule has 6 nitrogen and oxygen atoms in total. The molecule has 0 aromatic heterocycles. The molecule has 0 aliphatic carbocycles. The predicted molar refractivity (Wildman–Crippen MR) is 138 cm³/mol. The van der Waals surface area contributed by atoms with Gasteiger partial charge in [-0.1, -0.05) is 35.9 Å². The average Bonchev–Trinajstić information content (AvgIpc) is 2.90. The van der Waals surface area contributed by atoms with Crippen LogP contribution in [0.5, 0.6) is 11.5 Å². The number of anilines is 2. The fourth-order valence-corrected chi connectivity index (χ4v) is 3.44. The molecule has 2 N–H and O–H groups in total. The maximum absolute atomic E-state index is 13.3. The van der Waals surface area contributed by atoms with Crippen molar-refractivity contribution in [3.63, 3.8) is 0 Å². The predicted octanol–water partition coefficient (Wildman–Crippen LogP) is 6.44. The van der Waals surface area contributed by atoms with Gasteiger partial charge in [0.25, 0.3) is 11.8 Å². The van der Waals surface area contributed by atoms with E-state index in [9.17, 15) is 14.0 Å². The molecule has 0 aliphatic rings. The Morgan fingerprint density at radius 1 is 0.667 bits per heavy atom. The van der Waals surface area contributed by atoms with Crippen LogP contribution in [0.3, 0.4) is 0 Å². The molecule has 0 atom stereocenters. The molecular formula is C28H22ClFN2O4. The molecule has 8 heteroatoms. The van der Waals surface area contributed by atoms with Crippen LogP contribution in [-0.2, 0) is 0 Å². The van der Waals surface area contributed by atoms with Gasteiger partial charge >= 0.3 is 0 Å². The van der Waals surface area contributed by atoms with E-state index in [1.807, 2.05) is 30.3 Å². The van der Waals surface area contributed by atoms with Crippen molar-refractivity contribution in [1.82, 2.24) is 0 Å². The zero-order chi connectivity index (χ0) is 25.3. The number of carbonyl (C=O) groups excluding carboxylic acids is 2. The van der Waals surface area contributed by atoms with Gasteiger partial charge in [-0.15, -0.1) is 0 Å². The summed E-state index contributed by atoms with van der Waals surface area (Å²) in [5.41, 5.74) is 1.55. The molecule has 0 heterocycles. The molecule has 0 saturated carbocycles. The number of rotatable bonds is 9. The lowest BCUT2D eigenvalue weighted by Crippen LogP contribution is -2.15. The minimum absolute atomic E-state index is 0.0919. The highest BCUT2D eigenvalue weighted by Gasteiger charge is 2.11. The highest BCUT2D eigenvalue weighted by molar-refractivity contribution is 6.31. The topological polar surface area (TPSA) is 76.7 Å². The molecule has 4 aromatic rings. The van der Waals surface area contributed by atoms with Crippen LogP contribution in [0.4, 0.5) is 15.8 Å². The third-order valence-electron chi connectivity index (χ3n) is 5.04. The number of hydrogen-bond donors (Lipinski definition) is 2. The number of carbonyl (C=O) groups is 2. The first-order valence-corrected chi connectivity index (χ1v) is 11.4. The van der Waals surface area contributed by atoms with Crippen molar-refractivity contribution in [2.45, 2.75) is 0 Å². The quantitative estimate of drug-likeness (QED) is 0.257. The van der Waals surface area contributed by atoms with Crippen molar-refractivity contribution in [3.8, 4) is 11.5 Å². The van der Waals surface area contributed by atoms with Gasteiger partial charge in [0.15, 0.2) is 0 Å². The molecule has 4 rings (SSSR count). The number of benzene rings is 4. The van der Waals surface area contributed by atoms with Crippen LogP contribution >= 0.6 is 11.6 Å². The summed E-state index contributed by atoms with van der Waals surface area (Å²) in [6, 6.07) is 26.5. The van der Waals surface area contributed by atoms with E-state index in [-0.39, 0.29) is 10.9 Å². The standard InChI is InChI=1S/C28H22ClFN2O4/c29-25-18-22(11-14-26(25)30)32-28(34)20-5-4-6-21(17-20)31-27(33)19-9-12-24(13-10-19)36-16-15-35-23-7-2-1-3-8-23/h1-14,17-18H,15-16H2,(H,31,33)(H,32,34). The van der Waals surface area contributed by atoms with Crippen LogP contribution in [0.25, 0.3) is 0 Å². The second-order valence-electron chi connectivity index (χ2n) is 7.65. The lowest BCUT2D eigenvalue weighted by atomic mass is 10.1. The van der Waals surface area contributed by atoms with Crippen molar-refractivity contribution in [2.24, 2.45) is 0 Å². The van der Waals surface area contributed by atoms with Crippen LogP contribution in [0.15, 0.2) is 97.1 Å². The van der Waals surface area contributed by atoms with Crippen molar-refractivity contribution in [2.75, 3.05) is 23.8 Å². The number of para-hydroxylation sites is 1. The van der Waals surface area contributed by atoms with Crippen molar-refractivity contribution >= 4 is 34.8 Å². The van der Waals surface area contributed by atoms with Gasteiger partial charge < -0.3 is 20.1 Å². The van der Waals surface area contributed by atoms with Crippen LogP contribution < -0.4 is 20.1 Å². The minimum Gasteiger partial charge on any atom is -0.490 e. The first-order valence-electron chi connectivity index (χ1n) is 11.1. The normalized spacial score (nSPS) is 10.4. The van der Waals surface area contributed by atoms with Crippen LogP contribution in [0.1, 0.15) is 20.7 Å². The molecular weight excluding hydrogens is 483 g/mol. The minimum atomic E-state index is -0.573. The molecule has 0 aliphatic heterocycles. The Hall–Kier alpha value is -4.36. The van der Waals surface area contributed by atoms with Gasteiger partial charge in [-0.3, -0.25) is 9.59 Å². The van der Waals surface area contributed by atoms with Gasteiger partial charge in [0, 0.05) is 22.5 Å². The zero-order valence-corrected chi connectivity index (χ0v) is 19.8. The Labute approximate surface area is 212 Å². The molecule has 4 aromatic carbocycles. The first kappa shape index (κ1) is 24.8. The summed E-state index contributed by atoms with van der Waals surface area (Å²) in [5, 5.41) is 5.33.